The van der Waals surface area contributed by atoms with Gasteiger partial charge in [-0.05, 0) is 49.2 Å². The molecule has 12 nitrogen and oxygen atoms in total. The van der Waals surface area contributed by atoms with Crippen LogP contribution in [-0.4, -0.2) is 42.3 Å². The van der Waals surface area contributed by atoms with Crippen molar-refractivity contribution in [2.75, 3.05) is 16.4 Å². The Bertz CT molecular complexity index is 1880. The van der Waals surface area contributed by atoms with Crippen molar-refractivity contribution in [1.82, 2.24) is 4.57 Å². The van der Waals surface area contributed by atoms with E-state index in [0.717, 1.165) is 25.0 Å². The lowest BCUT2D eigenvalue weighted by Gasteiger charge is -2.14. The van der Waals surface area contributed by atoms with E-state index in [0.29, 0.717) is 16.9 Å². The molecule has 4 aromatic rings. The number of nitrogen functional groups attached to an aromatic ring is 1. The van der Waals surface area contributed by atoms with E-state index in [1.54, 1.807) is 29.0 Å². The van der Waals surface area contributed by atoms with Crippen molar-refractivity contribution in [1.29, 1.82) is 0 Å². The van der Waals surface area contributed by atoms with Crippen LogP contribution in [0.5, 0.6) is 0 Å². The zero-order valence-electron chi connectivity index (χ0n) is 20.0. The quantitative estimate of drug-likeness (QED) is 0.163. The Kier molecular flexibility index (Phi) is 6.42. The molecule has 3 aromatic carbocycles. The largest absolute Gasteiger partial charge is 0.399 e. The molecule has 14 heteroatoms. The van der Waals surface area contributed by atoms with Crippen molar-refractivity contribution in [2.24, 2.45) is 0 Å². The SMILES string of the molecule is Nc1cccc(C(=O)Nc2cc(C(=O)Nc3ccc4c(S(=O)(=O)O)cccc4c3S(=O)(=O)O)n(C3CC3)c2)c1. The van der Waals surface area contributed by atoms with Crippen molar-refractivity contribution in [2.45, 2.75) is 28.7 Å². The molecular formula is C25H22N4O8S2. The Morgan fingerprint density at radius 2 is 1.56 bits per heavy atom. The maximum absolute atomic E-state index is 13.3. The number of carbonyl (C=O) groups excluding carboxylic acids is 2. The van der Waals surface area contributed by atoms with E-state index in [-0.39, 0.29) is 28.2 Å². The first-order valence-electron chi connectivity index (χ1n) is 11.5. The van der Waals surface area contributed by atoms with E-state index < -0.39 is 41.8 Å². The van der Waals surface area contributed by atoms with Crippen LogP contribution < -0.4 is 16.4 Å². The molecule has 0 aliphatic heterocycles. The summed E-state index contributed by atoms with van der Waals surface area (Å²) < 4.78 is 69.4. The van der Waals surface area contributed by atoms with Crippen LogP contribution in [0.1, 0.15) is 39.7 Å². The number of nitrogens with one attached hydrogen (secondary N) is 2. The van der Waals surface area contributed by atoms with Crippen LogP contribution in [0.2, 0.25) is 0 Å². The first-order chi connectivity index (χ1) is 18.3. The third kappa shape index (κ3) is 5.35. The third-order valence-corrected chi connectivity index (χ3v) is 8.05. The van der Waals surface area contributed by atoms with Gasteiger partial charge in [0.05, 0.1) is 11.4 Å². The summed E-state index contributed by atoms with van der Waals surface area (Å²) in [6.07, 6.45) is 3.18. The first-order valence-corrected chi connectivity index (χ1v) is 14.4. The molecule has 1 aliphatic rings. The normalized spacial score (nSPS) is 13.8. The lowest BCUT2D eigenvalue weighted by molar-refractivity contribution is 0.101. The number of nitrogens with zero attached hydrogens (tertiary/aromatic N) is 1. The minimum Gasteiger partial charge on any atom is -0.399 e. The number of hydrogen-bond acceptors (Lipinski definition) is 7. The monoisotopic (exact) mass is 570 g/mol. The Balaban J connectivity index is 1.52. The number of fused-ring (bicyclic) bond motifs is 1. The average molecular weight is 571 g/mol. The van der Waals surface area contributed by atoms with E-state index in [1.807, 2.05) is 0 Å². The van der Waals surface area contributed by atoms with Crippen molar-refractivity contribution in [3.8, 4) is 0 Å². The highest BCUT2D eigenvalue weighted by molar-refractivity contribution is 7.86. The van der Waals surface area contributed by atoms with Gasteiger partial charge >= 0.3 is 0 Å². The second kappa shape index (κ2) is 9.50. The van der Waals surface area contributed by atoms with Gasteiger partial charge < -0.3 is 20.9 Å². The van der Waals surface area contributed by atoms with Gasteiger partial charge in [0, 0.05) is 34.3 Å². The molecule has 1 fully saturated rings. The van der Waals surface area contributed by atoms with E-state index >= 15 is 0 Å². The minimum atomic E-state index is -4.97. The second-order valence-electron chi connectivity index (χ2n) is 9.03. The molecule has 1 saturated carbocycles. The molecule has 0 unspecified atom stereocenters. The lowest BCUT2D eigenvalue weighted by atomic mass is 10.1. The van der Waals surface area contributed by atoms with E-state index in [2.05, 4.69) is 10.6 Å². The predicted octanol–water partition coefficient (Wildman–Crippen LogP) is 3.56. The van der Waals surface area contributed by atoms with Crippen molar-refractivity contribution in [3.63, 3.8) is 0 Å². The molecule has 1 heterocycles. The molecule has 6 N–H and O–H groups in total. The van der Waals surface area contributed by atoms with Crippen molar-refractivity contribution >= 4 is 59.9 Å². The summed E-state index contributed by atoms with van der Waals surface area (Å²) in [4.78, 5) is 24.7. The van der Waals surface area contributed by atoms with Crippen LogP contribution in [0.25, 0.3) is 10.8 Å². The van der Waals surface area contributed by atoms with Gasteiger partial charge in [0.1, 0.15) is 15.5 Å². The molecule has 5 rings (SSSR count). The number of anilines is 3. The molecular weight excluding hydrogens is 548 g/mol. The maximum atomic E-state index is 13.3. The lowest BCUT2D eigenvalue weighted by Crippen LogP contribution is -2.18. The molecule has 0 saturated heterocycles. The van der Waals surface area contributed by atoms with Gasteiger partial charge in [-0.1, -0.05) is 24.3 Å². The summed E-state index contributed by atoms with van der Waals surface area (Å²) in [7, 11) is -9.69. The van der Waals surface area contributed by atoms with Gasteiger partial charge in [-0.3, -0.25) is 18.7 Å². The average Bonchev–Trinajstić information content (AvgIpc) is 3.61. The zero-order chi connectivity index (χ0) is 28.1. The predicted molar refractivity (Wildman–Crippen MR) is 143 cm³/mol. The summed E-state index contributed by atoms with van der Waals surface area (Å²) in [5, 5.41) is 4.80. The van der Waals surface area contributed by atoms with Gasteiger partial charge in [-0.15, -0.1) is 0 Å². The molecule has 0 atom stereocenters. The van der Waals surface area contributed by atoms with Crippen LogP contribution in [0.15, 0.2) is 76.7 Å². The van der Waals surface area contributed by atoms with Crippen LogP contribution in [0.3, 0.4) is 0 Å². The summed E-state index contributed by atoms with van der Waals surface area (Å²) in [6, 6.07) is 13.6. The van der Waals surface area contributed by atoms with Gasteiger partial charge in [0.15, 0.2) is 0 Å². The molecule has 2 amide bonds. The topological polar surface area (TPSA) is 198 Å². The standard InChI is InChI=1S/C25H22N4O8S2/c26-15-4-1-3-14(11-15)24(30)27-16-12-21(29(13-16)17-7-8-17)25(31)28-20-10-9-18-19(23(20)39(35,36)37)5-2-6-22(18)38(32,33)34/h1-6,9-13,17H,7-8,26H2,(H,27,30)(H,28,31)(H,32,33,34)(H,35,36,37). The highest BCUT2D eigenvalue weighted by Gasteiger charge is 2.30. The number of rotatable bonds is 7. The van der Waals surface area contributed by atoms with Crippen LogP contribution in [0, 0.1) is 0 Å². The molecule has 1 aliphatic carbocycles. The van der Waals surface area contributed by atoms with Gasteiger partial charge in [0.2, 0.25) is 0 Å². The third-order valence-electron chi connectivity index (χ3n) is 6.18. The minimum absolute atomic E-state index is 0.00117. The Morgan fingerprint density at radius 1 is 0.846 bits per heavy atom. The van der Waals surface area contributed by atoms with Gasteiger partial charge in [-0.25, -0.2) is 0 Å². The zero-order valence-corrected chi connectivity index (χ0v) is 21.7. The Hall–Kier alpha value is -4.24. The van der Waals surface area contributed by atoms with Crippen LogP contribution >= 0.6 is 0 Å². The molecule has 0 bridgehead atoms. The Morgan fingerprint density at radius 3 is 2.21 bits per heavy atom. The number of nitrogens with two attached hydrogens (primary N) is 1. The van der Waals surface area contributed by atoms with Crippen LogP contribution in [0.4, 0.5) is 17.1 Å². The summed E-state index contributed by atoms with van der Waals surface area (Å²) in [5.41, 5.74) is 6.61. The number of aromatic nitrogens is 1. The number of carbonyl (C=O) groups is 2. The van der Waals surface area contributed by atoms with Gasteiger partial charge in [0.25, 0.3) is 32.1 Å². The van der Waals surface area contributed by atoms with E-state index in [1.165, 1.54) is 30.3 Å². The highest BCUT2D eigenvalue weighted by Crippen LogP contribution is 2.38. The molecule has 0 spiro atoms. The number of benzene rings is 3. The Labute approximate surface area is 222 Å². The van der Waals surface area contributed by atoms with E-state index in [9.17, 15) is 35.5 Å². The summed E-state index contributed by atoms with van der Waals surface area (Å²) in [5.74, 6) is -1.18. The molecule has 39 heavy (non-hydrogen) atoms. The highest BCUT2D eigenvalue weighted by atomic mass is 32.2. The molecule has 0 radical (unpaired) electrons. The first kappa shape index (κ1) is 26.4. The number of amides is 2. The maximum Gasteiger partial charge on any atom is 0.297 e. The van der Waals surface area contributed by atoms with Crippen molar-refractivity contribution in [3.05, 3.63) is 78.1 Å². The van der Waals surface area contributed by atoms with Crippen molar-refractivity contribution < 1.29 is 35.5 Å². The van der Waals surface area contributed by atoms with Crippen LogP contribution in [-0.2, 0) is 20.2 Å². The fourth-order valence-corrected chi connectivity index (χ4v) is 5.92. The molecule has 202 valence electrons. The van der Waals surface area contributed by atoms with E-state index in [4.69, 9.17) is 5.73 Å². The smallest absolute Gasteiger partial charge is 0.297 e. The fourth-order valence-electron chi connectivity index (χ4n) is 4.36. The van der Waals surface area contributed by atoms with Gasteiger partial charge in [-0.2, -0.15) is 16.8 Å². The number of hydrogen-bond donors (Lipinski definition) is 5. The second-order valence-corrected chi connectivity index (χ2v) is 11.8. The summed E-state index contributed by atoms with van der Waals surface area (Å²) in [6.45, 7) is 0. The molecule has 1 aromatic heterocycles. The summed E-state index contributed by atoms with van der Waals surface area (Å²) >= 11 is 0. The fraction of sp³-hybridized carbons (Fsp3) is 0.120.